The van der Waals surface area contributed by atoms with Crippen molar-refractivity contribution in [3.05, 3.63) is 29.8 Å². The highest BCUT2D eigenvalue weighted by atomic mass is 16.5. The Morgan fingerprint density at radius 2 is 2.05 bits per heavy atom. The fraction of sp³-hybridized carbons (Fsp3) is 0.500. The molecule has 0 bridgehead atoms. The van der Waals surface area contributed by atoms with Gasteiger partial charge in [-0.05, 0) is 50.2 Å². The van der Waals surface area contributed by atoms with Gasteiger partial charge in [0, 0.05) is 19.5 Å². The minimum Gasteiger partial charge on any atom is -0.492 e. The first-order chi connectivity index (χ1) is 10.2. The Hall–Kier alpha value is -2.06. The largest absolute Gasteiger partial charge is 0.492 e. The number of nitriles is 1. The van der Waals surface area contributed by atoms with Crippen LogP contribution < -0.4 is 10.1 Å². The minimum atomic E-state index is 0.156. The van der Waals surface area contributed by atoms with Crippen molar-refractivity contribution >= 4 is 5.91 Å². The predicted molar refractivity (Wildman–Crippen MR) is 79.9 cm³/mol. The molecule has 0 unspecified atom stereocenters. The quantitative estimate of drug-likeness (QED) is 0.889. The lowest BCUT2D eigenvalue weighted by atomic mass is 9.96. The second-order valence-electron chi connectivity index (χ2n) is 5.21. The Balaban J connectivity index is 1.68. The molecule has 0 atom stereocenters. The van der Waals surface area contributed by atoms with Crippen LogP contribution in [0.2, 0.25) is 0 Å². The fourth-order valence-electron chi connectivity index (χ4n) is 2.54. The Morgan fingerprint density at radius 1 is 1.38 bits per heavy atom. The number of amides is 1. The molecular weight excluding hydrogens is 266 g/mol. The van der Waals surface area contributed by atoms with Gasteiger partial charge in [-0.3, -0.25) is 9.69 Å². The van der Waals surface area contributed by atoms with Crippen molar-refractivity contribution in [1.29, 1.82) is 5.26 Å². The zero-order valence-corrected chi connectivity index (χ0v) is 12.3. The van der Waals surface area contributed by atoms with Crippen molar-refractivity contribution in [2.24, 2.45) is 5.92 Å². The van der Waals surface area contributed by atoms with E-state index in [-0.39, 0.29) is 11.8 Å². The van der Waals surface area contributed by atoms with Crippen LogP contribution in [0.15, 0.2) is 24.3 Å². The summed E-state index contributed by atoms with van der Waals surface area (Å²) < 4.78 is 5.67. The molecule has 1 aliphatic rings. The van der Waals surface area contributed by atoms with Gasteiger partial charge in [-0.25, -0.2) is 0 Å². The molecule has 0 aromatic heterocycles. The number of carbonyl (C=O) groups excluding carboxylic acids is 1. The number of hydrogen-bond acceptors (Lipinski definition) is 4. The highest BCUT2D eigenvalue weighted by molar-refractivity contribution is 5.78. The van der Waals surface area contributed by atoms with E-state index in [1.807, 2.05) is 12.1 Å². The monoisotopic (exact) mass is 287 g/mol. The van der Waals surface area contributed by atoms with Crippen molar-refractivity contribution in [3.63, 3.8) is 0 Å². The molecule has 1 aromatic carbocycles. The Kier molecular flexibility index (Phi) is 5.59. The SMILES string of the molecule is CNC(=O)C1CCN(CCOc2ccc(C#N)cc2)CC1. The topological polar surface area (TPSA) is 65.4 Å². The summed E-state index contributed by atoms with van der Waals surface area (Å²) in [4.78, 5) is 13.9. The van der Waals surface area contributed by atoms with E-state index in [2.05, 4.69) is 16.3 Å². The number of hydrogen-bond donors (Lipinski definition) is 1. The molecule has 1 fully saturated rings. The van der Waals surface area contributed by atoms with E-state index in [4.69, 9.17) is 10.00 Å². The molecule has 112 valence electrons. The van der Waals surface area contributed by atoms with Crippen LogP contribution in [-0.4, -0.2) is 44.1 Å². The Labute approximate surface area is 125 Å². The molecule has 1 aliphatic heterocycles. The summed E-state index contributed by atoms with van der Waals surface area (Å²) in [6.45, 7) is 3.36. The van der Waals surface area contributed by atoms with Gasteiger partial charge in [-0.1, -0.05) is 0 Å². The zero-order chi connectivity index (χ0) is 15.1. The summed E-state index contributed by atoms with van der Waals surface area (Å²) in [5.74, 6) is 1.10. The standard InChI is InChI=1S/C16H21N3O2/c1-18-16(20)14-6-8-19(9-7-14)10-11-21-15-4-2-13(12-17)3-5-15/h2-5,14H,6-11H2,1H3,(H,18,20). The number of piperidine rings is 1. The van der Waals surface area contributed by atoms with E-state index in [0.29, 0.717) is 12.2 Å². The number of likely N-dealkylation sites (tertiary alicyclic amines) is 1. The first-order valence-electron chi connectivity index (χ1n) is 7.30. The molecule has 0 spiro atoms. The van der Waals surface area contributed by atoms with Crippen LogP contribution in [0.25, 0.3) is 0 Å². The molecule has 0 radical (unpaired) electrons. The van der Waals surface area contributed by atoms with Gasteiger partial charge in [0.05, 0.1) is 11.6 Å². The van der Waals surface area contributed by atoms with Crippen molar-refractivity contribution < 1.29 is 9.53 Å². The summed E-state index contributed by atoms with van der Waals surface area (Å²) in [6, 6.07) is 9.22. The molecule has 21 heavy (non-hydrogen) atoms. The lowest BCUT2D eigenvalue weighted by Crippen LogP contribution is -2.41. The van der Waals surface area contributed by atoms with Crippen molar-refractivity contribution in [2.45, 2.75) is 12.8 Å². The molecule has 5 nitrogen and oxygen atoms in total. The Morgan fingerprint density at radius 3 is 2.62 bits per heavy atom. The van der Waals surface area contributed by atoms with Gasteiger partial charge in [0.2, 0.25) is 5.91 Å². The van der Waals surface area contributed by atoms with Crippen LogP contribution >= 0.6 is 0 Å². The summed E-state index contributed by atoms with van der Waals surface area (Å²) in [5.41, 5.74) is 0.638. The molecule has 1 heterocycles. The molecule has 1 aromatic rings. The molecule has 1 amide bonds. The second-order valence-corrected chi connectivity index (χ2v) is 5.21. The van der Waals surface area contributed by atoms with E-state index >= 15 is 0 Å². The number of rotatable bonds is 5. The zero-order valence-electron chi connectivity index (χ0n) is 12.3. The summed E-state index contributed by atoms with van der Waals surface area (Å²) in [5, 5.41) is 11.4. The van der Waals surface area contributed by atoms with Crippen LogP contribution in [0.1, 0.15) is 18.4 Å². The predicted octanol–water partition coefficient (Wildman–Crippen LogP) is 1.40. The lowest BCUT2D eigenvalue weighted by Gasteiger charge is -2.30. The molecule has 2 rings (SSSR count). The first-order valence-corrected chi connectivity index (χ1v) is 7.30. The maximum absolute atomic E-state index is 11.5. The summed E-state index contributed by atoms with van der Waals surface area (Å²) in [7, 11) is 1.69. The average molecular weight is 287 g/mol. The third kappa shape index (κ3) is 4.47. The lowest BCUT2D eigenvalue weighted by molar-refractivity contribution is -0.125. The van der Waals surface area contributed by atoms with Crippen LogP contribution in [0.3, 0.4) is 0 Å². The third-order valence-corrected chi connectivity index (χ3v) is 3.86. The van der Waals surface area contributed by atoms with Crippen LogP contribution in [0.4, 0.5) is 0 Å². The molecular formula is C16H21N3O2. The van der Waals surface area contributed by atoms with Gasteiger partial charge in [0.25, 0.3) is 0 Å². The van der Waals surface area contributed by atoms with Gasteiger partial charge in [-0.15, -0.1) is 0 Å². The van der Waals surface area contributed by atoms with Crippen LogP contribution in [0.5, 0.6) is 5.75 Å². The van der Waals surface area contributed by atoms with E-state index < -0.39 is 0 Å². The van der Waals surface area contributed by atoms with Gasteiger partial charge < -0.3 is 10.1 Å². The van der Waals surface area contributed by atoms with Gasteiger partial charge in [0.1, 0.15) is 12.4 Å². The van der Waals surface area contributed by atoms with Crippen molar-refractivity contribution in [3.8, 4) is 11.8 Å². The first kappa shape index (κ1) is 15.3. The normalized spacial score (nSPS) is 16.2. The smallest absolute Gasteiger partial charge is 0.222 e. The van der Waals surface area contributed by atoms with Gasteiger partial charge >= 0.3 is 0 Å². The minimum absolute atomic E-state index is 0.156. The van der Waals surface area contributed by atoms with E-state index in [1.165, 1.54) is 0 Å². The number of nitrogens with one attached hydrogen (secondary N) is 1. The number of ether oxygens (including phenoxy) is 1. The highest BCUT2D eigenvalue weighted by Gasteiger charge is 2.23. The molecule has 5 heteroatoms. The molecule has 1 N–H and O–H groups in total. The average Bonchev–Trinajstić information content (AvgIpc) is 2.55. The van der Waals surface area contributed by atoms with Gasteiger partial charge in [0.15, 0.2) is 0 Å². The molecule has 1 saturated heterocycles. The maximum atomic E-state index is 11.5. The summed E-state index contributed by atoms with van der Waals surface area (Å²) >= 11 is 0. The molecule has 0 saturated carbocycles. The van der Waals surface area contributed by atoms with E-state index in [9.17, 15) is 4.79 Å². The van der Waals surface area contributed by atoms with Gasteiger partial charge in [-0.2, -0.15) is 5.26 Å². The van der Waals surface area contributed by atoms with Crippen molar-refractivity contribution in [2.75, 3.05) is 33.3 Å². The number of carbonyl (C=O) groups is 1. The Bertz CT molecular complexity index is 499. The maximum Gasteiger partial charge on any atom is 0.222 e. The highest BCUT2D eigenvalue weighted by Crippen LogP contribution is 2.17. The summed E-state index contributed by atoms with van der Waals surface area (Å²) in [6.07, 6.45) is 1.83. The second kappa shape index (κ2) is 7.65. The van der Waals surface area contributed by atoms with Crippen molar-refractivity contribution in [1.82, 2.24) is 10.2 Å². The fourth-order valence-corrected chi connectivity index (χ4v) is 2.54. The van der Waals surface area contributed by atoms with Crippen LogP contribution in [0, 0.1) is 17.2 Å². The van der Waals surface area contributed by atoms with E-state index in [0.717, 1.165) is 38.2 Å². The number of nitrogens with zero attached hydrogens (tertiary/aromatic N) is 2. The molecule has 0 aliphatic carbocycles. The third-order valence-electron chi connectivity index (χ3n) is 3.86. The van der Waals surface area contributed by atoms with E-state index in [1.54, 1.807) is 19.2 Å². The van der Waals surface area contributed by atoms with Crippen LogP contribution in [-0.2, 0) is 4.79 Å². The number of benzene rings is 1.